The van der Waals surface area contributed by atoms with E-state index in [9.17, 15) is 14.4 Å². The van der Waals surface area contributed by atoms with E-state index in [1.165, 1.54) is 18.2 Å². The molecule has 2 amide bonds. The van der Waals surface area contributed by atoms with Crippen molar-refractivity contribution >= 4 is 40.0 Å². The second-order valence-corrected chi connectivity index (χ2v) is 5.90. The highest BCUT2D eigenvalue weighted by Crippen LogP contribution is 2.17. The summed E-state index contributed by atoms with van der Waals surface area (Å²) in [4.78, 5) is 35.2. The second-order valence-electron chi connectivity index (χ2n) is 5.46. The number of primary amides is 1. The normalized spacial score (nSPS) is 10.6. The summed E-state index contributed by atoms with van der Waals surface area (Å²) >= 11 is 6.00. The summed E-state index contributed by atoms with van der Waals surface area (Å²) in [5.74, 6) is -0.814. The molecule has 1 aromatic heterocycles. The second kappa shape index (κ2) is 6.78. The van der Waals surface area contributed by atoms with Crippen molar-refractivity contribution in [2.24, 2.45) is 5.73 Å². The van der Waals surface area contributed by atoms with Gasteiger partial charge in [-0.2, -0.15) is 0 Å². The summed E-state index contributed by atoms with van der Waals surface area (Å²) in [5.41, 5.74) is 6.53. The average molecular weight is 356 g/mol. The van der Waals surface area contributed by atoms with Gasteiger partial charge in [-0.1, -0.05) is 11.6 Å². The van der Waals surface area contributed by atoms with Crippen LogP contribution in [0.3, 0.4) is 0 Å². The van der Waals surface area contributed by atoms with Crippen molar-refractivity contribution in [3.05, 3.63) is 75.5 Å². The quantitative estimate of drug-likeness (QED) is 0.752. The average Bonchev–Trinajstić information content (AvgIpc) is 2.58. The first-order valence-corrected chi connectivity index (χ1v) is 7.80. The molecule has 3 aromatic rings. The molecule has 0 spiro atoms. The van der Waals surface area contributed by atoms with Crippen LogP contribution in [0.5, 0.6) is 0 Å². The zero-order chi connectivity index (χ0) is 18.0. The van der Waals surface area contributed by atoms with E-state index in [1.54, 1.807) is 41.1 Å². The largest absolute Gasteiger partial charge is 0.366 e. The molecule has 0 aliphatic carbocycles. The number of amides is 2. The maximum atomic E-state index is 12.3. The fourth-order valence-electron chi connectivity index (χ4n) is 2.49. The van der Waals surface area contributed by atoms with E-state index in [0.717, 1.165) is 0 Å². The van der Waals surface area contributed by atoms with Crippen LogP contribution in [0.4, 0.5) is 5.69 Å². The Morgan fingerprint density at radius 1 is 1.08 bits per heavy atom. The Balaban J connectivity index is 1.82. The molecule has 0 aliphatic rings. The first-order valence-electron chi connectivity index (χ1n) is 7.42. The van der Waals surface area contributed by atoms with Crippen molar-refractivity contribution < 1.29 is 9.59 Å². The Bertz CT molecular complexity index is 1030. The van der Waals surface area contributed by atoms with E-state index >= 15 is 0 Å². The lowest BCUT2D eigenvalue weighted by Crippen LogP contribution is -2.20. The molecule has 0 saturated carbocycles. The molecular weight excluding hydrogens is 342 g/mol. The Kier molecular flexibility index (Phi) is 4.54. The fourth-order valence-corrected chi connectivity index (χ4v) is 2.66. The lowest BCUT2D eigenvalue weighted by molar-refractivity contribution is -0.116. The van der Waals surface area contributed by atoms with Crippen molar-refractivity contribution in [3.8, 4) is 0 Å². The van der Waals surface area contributed by atoms with Crippen molar-refractivity contribution in [2.45, 2.75) is 6.54 Å². The van der Waals surface area contributed by atoms with Crippen molar-refractivity contribution in [1.29, 1.82) is 0 Å². The minimum atomic E-state index is -0.533. The van der Waals surface area contributed by atoms with Gasteiger partial charge in [-0.05, 0) is 42.5 Å². The summed E-state index contributed by atoms with van der Waals surface area (Å²) in [6, 6.07) is 12.6. The molecule has 7 heteroatoms. The van der Waals surface area contributed by atoms with Crippen LogP contribution in [0, 0.1) is 0 Å². The van der Waals surface area contributed by atoms with Crippen LogP contribution in [-0.2, 0) is 11.3 Å². The molecule has 0 radical (unpaired) electrons. The van der Waals surface area contributed by atoms with Crippen LogP contribution in [-0.4, -0.2) is 16.4 Å². The van der Waals surface area contributed by atoms with Crippen LogP contribution >= 0.6 is 11.6 Å². The van der Waals surface area contributed by atoms with E-state index < -0.39 is 5.91 Å². The molecule has 0 atom stereocenters. The van der Waals surface area contributed by atoms with Gasteiger partial charge in [-0.15, -0.1) is 0 Å². The molecule has 0 aliphatic heterocycles. The highest BCUT2D eigenvalue weighted by atomic mass is 35.5. The predicted octanol–water partition coefficient (Wildman–Crippen LogP) is 2.39. The molecule has 3 N–H and O–H groups in total. The minimum absolute atomic E-state index is 0.00862. The number of aromatic nitrogens is 1. The summed E-state index contributed by atoms with van der Waals surface area (Å²) < 4.78 is 1.65. The highest BCUT2D eigenvalue weighted by Gasteiger charge is 2.09. The molecule has 0 bridgehead atoms. The Labute approximate surface area is 147 Å². The molecule has 25 heavy (non-hydrogen) atoms. The first-order chi connectivity index (χ1) is 11.9. The lowest BCUT2D eigenvalue weighted by atomic mass is 10.2. The molecule has 0 saturated heterocycles. The molecule has 1 heterocycles. The van der Waals surface area contributed by atoms with Crippen molar-refractivity contribution in [3.63, 3.8) is 0 Å². The van der Waals surface area contributed by atoms with Crippen LogP contribution in [0.1, 0.15) is 10.4 Å². The number of benzene rings is 2. The van der Waals surface area contributed by atoms with Crippen LogP contribution < -0.4 is 16.5 Å². The van der Waals surface area contributed by atoms with E-state index in [0.29, 0.717) is 27.2 Å². The molecule has 126 valence electrons. The zero-order valence-electron chi connectivity index (χ0n) is 13.0. The van der Waals surface area contributed by atoms with Gasteiger partial charge in [0.2, 0.25) is 11.8 Å². The van der Waals surface area contributed by atoms with Gasteiger partial charge < -0.3 is 15.6 Å². The number of nitrogens with two attached hydrogens (primary N) is 1. The van der Waals surface area contributed by atoms with Crippen LogP contribution in [0.2, 0.25) is 5.02 Å². The highest BCUT2D eigenvalue weighted by molar-refractivity contribution is 6.31. The number of rotatable bonds is 4. The number of fused-ring (bicyclic) bond motifs is 1. The minimum Gasteiger partial charge on any atom is -0.366 e. The van der Waals surface area contributed by atoms with Gasteiger partial charge in [-0.3, -0.25) is 14.4 Å². The Hall–Kier alpha value is -3.12. The van der Waals surface area contributed by atoms with Crippen LogP contribution in [0.15, 0.2) is 59.5 Å². The lowest BCUT2D eigenvalue weighted by Gasteiger charge is -2.11. The Morgan fingerprint density at radius 3 is 2.48 bits per heavy atom. The summed E-state index contributed by atoms with van der Waals surface area (Å²) in [6.07, 6.45) is 1.55. The van der Waals surface area contributed by atoms with Gasteiger partial charge in [0.25, 0.3) is 0 Å². The van der Waals surface area contributed by atoms with Crippen molar-refractivity contribution in [1.82, 2.24) is 4.57 Å². The number of pyridine rings is 1. The van der Waals surface area contributed by atoms with E-state index in [2.05, 4.69) is 5.32 Å². The number of nitrogens with zero attached hydrogens (tertiary/aromatic N) is 1. The van der Waals surface area contributed by atoms with Gasteiger partial charge in [0, 0.05) is 33.9 Å². The van der Waals surface area contributed by atoms with E-state index in [1.807, 2.05) is 0 Å². The number of halogens is 1. The first kappa shape index (κ1) is 16.7. The SMILES string of the molecule is NC(=O)c1ccc(NC(=O)Cn2ccc(=O)c3ccc(Cl)cc32)cc1. The standard InChI is InChI=1S/C18H14ClN3O3/c19-12-3-6-14-15(9-12)22(8-7-16(14)23)10-17(24)21-13-4-1-11(2-5-13)18(20)25/h1-9H,10H2,(H2,20,25)(H,21,24). The monoisotopic (exact) mass is 355 g/mol. The molecule has 0 unspecified atom stereocenters. The number of hydrogen-bond acceptors (Lipinski definition) is 3. The third kappa shape index (κ3) is 3.70. The van der Waals surface area contributed by atoms with Gasteiger partial charge >= 0.3 is 0 Å². The van der Waals surface area contributed by atoms with Gasteiger partial charge in [-0.25, -0.2) is 0 Å². The number of hydrogen-bond donors (Lipinski definition) is 2. The third-order valence-corrected chi connectivity index (χ3v) is 3.94. The maximum Gasteiger partial charge on any atom is 0.248 e. The van der Waals surface area contributed by atoms with Crippen molar-refractivity contribution in [2.75, 3.05) is 5.32 Å². The third-order valence-electron chi connectivity index (χ3n) is 3.71. The number of carbonyl (C=O) groups is 2. The van der Waals surface area contributed by atoms with E-state index in [-0.39, 0.29) is 17.9 Å². The van der Waals surface area contributed by atoms with Crippen LogP contribution in [0.25, 0.3) is 10.9 Å². The molecular formula is C18H14ClN3O3. The summed E-state index contributed by atoms with van der Waals surface area (Å²) in [6.45, 7) is 0.00862. The van der Waals surface area contributed by atoms with Gasteiger partial charge in [0.05, 0.1) is 5.52 Å². The maximum absolute atomic E-state index is 12.3. The summed E-state index contributed by atoms with van der Waals surface area (Å²) in [7, 11) is 0. The zero-order valence-corrected chi connectivity index (χ0v) is 13.8. The Morgan fingerprint density at radius 2 is 1.80 bits per heavy atom. The molecule has 6 nitrogen and oxygen atoms in total. The van der Waals surface area contributed by atoms with Gasteiger partial charge in [0.15, 0.2) is 5.43 Å². The smallest absolute Gasteiger partial charge is 0.248 e. The van der Waals surface area contributed by atoms with E-state index in [4.69, 9.17) is 17.3 Å². The van der Waals surface area contributed by atoms with Gasteiger partial charge in [0.1, 0.15) is 6.54 Å². The molecule has 3 rings (SSSR count). The molecule has 2 aromatic carbocycles. The number of anilines is 1. The topological polar surface area (TPSA) is 94.2 Å². The summed E-state index contributed by atoms with van der Waals surface area (Å²) in [5, 5.41) is 3.70. The predicted molar refractivity (Wildman–Crippen MR) is 96.8 cm³/mol. The fraction of sp³-hybridized carbons (Fsp3) is 0.0556. The number of carbonyl (C=O) groups excluding carboxylic acids is 2. The molecule has 0 fully saturated rings. The number of nitrogens with one attached hydrogen (secondary N) is 1.